The Kier molecular flexibility index (Phi) is 4.32. The van der Waals surface area contributed by atoms with Crippen LogP contribution in [0.3, 0.4) is 0 Å². The van der Waals surface area contributed by atoms with Gasteiger partial charge in [0.25, 0.3) is 11.5 Å². The fraction of sp³-hybridized carbons (Fsp3) is 0.500. The second kappa shape index (κ2) is 5.98. The molecule has 1 aromatic heterocycles. The van der Waals surface area contributed by atoms with E-state index in [0.29, 0.717) is 24.4 Å². The summed E-state index contributed by atoms with van der Waals surface area (Å²) >= 11 is 0. The van der Waals surface area contributed by atoms with Crippen LogP contribution in [0.5, 0.6) is 0 Å². The highest BCUT2D eigenvalue weighted by Gasteiger charge is 2.29. The molecule has 0 aromatic carbocycles. The van der Waals surface area contributed by atoms with E-state index in [1.165, 1.54) is 17.2 Å². The molecule has 1 amide bonds. The Balaban J connectivity index is 1.94. The van der Waals surface area contributed by atoms with Crippen LogP contribution in [-0.2, 0) is 11.2 Å². The van der Waals surface area contributed by atoms with Crippen molar-refractivity contribution in [1.29, 1.82) is 0 Å². The molecule has 5 nitrogen and oxygen atoms in total. The molecule has 0 spiro atoms. The van der Waals surface area contributed by atoms with Crippen molar-refractivity contribution < 1.29 is 9.18 Å². The van der Waals surface area contributed by atoms with E-state index in [1.54, 1.807) is 14.0 Å². The Bertz CT molecular complexity index is 590. The molecular formula is C14H18FN3O2. The lowest BCUT2D eigenvalue weighted by Crippen LogP contribution is -2.30. The van der Waals surface area contributed by atoms with Gasteiger partial charge in [0.15, 0.2) is 5.83 Å². The molecule has 0 bridgehead atoms. The van der Waals surface area contributed by atoms with E-state index in [9.17, 15) is 14.0 Å². The van der Waals surface area contributed by atoms with E-state index in [4.69, 9.17) is 0 Å². The molecule has 20 heavy (non-hydrogen) atoms. The van der Waals surface area contributed by atoms with E-state index in [2.05, 4.69) is 9.97 Å². The van der Waals surface area contributed by atoms with E-state index in [-0.39, 0.29) is 11.5 Å². The molecule has 0 unspecified atom stereocenters. The van der Waals surface area contributed by atoms with Crippen LogP contribution >= 0.6 is 0 Å². The van der Waals surface area contributed by atoms with Gasteiger partial charge >= 0.3 is 0 Å². The smallest absolute Gasteiger partial charge is 0.282 e. The molecule has 1 fully saturated rings. The first-order valence-electron chi connectivity index (χ1n) is 6.65. The van der Waals surface area contributed by atoms with Crippen molar-refractivity contribution in [1.82, 2.24) is 14.9 Å². The minimum absolute atomic E-state index is 0.236. The van der Waals surface area contributed by atoms with Crippen molar-refractivity contribution in [3.05, 3.63) is 39.8 Å². The first kappa shape index (κ1) is 14.4. The number of carbonyl (C=O) groups is 1. The van der Waals surface area contributed by atoms with Crippen LogP contribution < -0.4 is 5.56 Å². The molecule has 108 valence electrons. The molecule has 1 heterocycles. The number of H-pyrrole nitrogens is 1. The predicted molar refractivity (Wildman–Crippen MR) is 72.7 cm³/mol. The summed E-state index contributed by atoms with van der Waals surface area (Å²) in [6.45, 7) is 1.98. The lowest BCUT2D eigenvalue weighted by Gasteiger charge is -2.16. The van der Waals surface area contributed by atoms with Gasteiger partial charge < -0.3 is 9.88 Å². The van der Waals surface area contributed by atoms with Crippen molar-refractivity contribution in [2.45, 2.75) is 26.2 Å². The molecule has 2 rings (SSSR count). The average Bonchev–Trinajstić information content (AvgIpc) is 3.27. The van der Waals surface area contributed by atoms with Gasteiger partial charge in [-0.2, -0.15) is 0 Å². The summed E-state index contributed by atoms with van der Waals surface area (Å²) in [5, 5.41) is 0. The normalized spacial score (nSPS) is 15.8. The Morgan fingerprint density at radius 3 is 2.85 bits per heavy atom. The van der Waals surface area contributed by atoms with Crippen molar-refractivity contribution in [3.63, 3.8) is 0 Å². The highest BCUT2D eigenvalue weighted by Crippen LogP contribution is 2.38. The summed E-state index contributed by atoms with van der Waals surface area (Å²) in [7, 11) is 1.54. The molecule has 1 saturated carbocycles. The SMILES string of the molecule is CC(=C(F)C(=O)N(C)CCc1nccc(=O)[nH]1)C1CC1. The quantitative estimate of drug-likeness (QED) is 0.829. The molecule has 6 heteroatoms. The fourth-order valence-corrected chi connectivity index (χ4v) is 1.95. The number of nitrogens with one attached hydrogen (secondary N) is 1. The van der Waals surface area contributed by atoms with Crippen molar-refractivity contribution in [3.8, 4) is 0 Å². The van der Waals surface area contributed by atoms with Gasteiger partial charge in [-0.3, -0.25) is 9.59 Å². The van der Waals surface area contributed by atoms with Crippen molar-refractivity contribution in [2.75, 3.05) is 13.6 Å². The summed E-state index contributed by atoms with van der Waals surface area (Å²) < 4.78 is 13.9. The second-order valence-corrected chi connectivity index (χ2v) is 5.13. The molecule has 1 aromatic rings. The Morgan fingerprint density at radius 2 is 2.25 bits per heavy atom. The number of aromatic nitrogens is 2. The van der Waals surface area contributed by atoms with Crippen LogP contribution in [0.4, 0.5) is 4.39 Å². The zero-order valence-electron chi connectivity index (χ0n) is 11.6. The van der Waals surface area contributed by atoms with Crippen LogP contribution in [0.2, 0.25) is 0 Å². The largest absolute Gasteiger partial charge is 0.339 e. The van der Waals surface area contributed by atoms with Gasteiger partial charge in [0.1, 0.15) is 5.82 Å². The standard InChI is InChI=1S/C14H18FN3O2/c1-9(10-3-4-10)13(15)14(20)18(2)8-6-11-16-7-5-12(19)17-11/h5,7,10H,3-4,6,8H2,1-2H3,(H,16,17,19). The molecule has 0 radical (unpaired) electrons. The van der Waals surface area contributed by atoms with Gasteiger partial charge in [0, 0.05) is 32.3 Å². The monoisotopic (exact) mass is 279 g/mol. The molecule has 0 atom stereocenters. The lowest BCUT2D eigenvalue weighted by atomic mass is 10.1. The first-order valence-corrected chi connectivity index (χ1v) is 6.65. The van der Waals surface area contributed by atoms with Gasteiger partial charge in [0.05, 0.1) is 0 Å². The van der Waals surface area contributed by atoms with Crippen molar-refractivity contribution in [2.24, 2.45) is 5.92 Å². The molecule has 1 aliphatic carbocycles. The van der Waals surface area contributed by atoms with Crippen LogP contribution in [0.15, 0.2) is 28.5 Å². The van der Waals surface area contributed by atoms with Gasteiger partial charge in [-0.05, 0) is 31.3 Å². The predicted octanol–water partition coefficient (Wildman–Crippen LogP) is 1.42. The van der Waals surface area contributed by atoms with Crippen LogP contribution in [0.25, 0.3) is 0 Å². The second-order valence-electron chi connectivity index (χ2n) is 5.13. The Morgan fingerprint density at radius 1 is 1.55 bits per heavy atom. The number of allylic oxidation sites excluding steroid dienone is 1. The highest BCUT2D eigenvalue weighted by molar-refractivity contribution is 5.91. The lowest BCUT2D eigenvalue weighted by molar-refractivity contribution is -0.127. The number of hydrogen-bond donors (Lipinski definition) is 1. The molecule has 1 N–H and O–H groups in total. The number of halogens is 1. The van der Waals surface area contributed by atoms with E-state index in [1.807, 2.05) is 0 Å². The minimum atomic E-state index is -0.649. The highest BCUT2D eigenvalue weighted by atomic mass is 19.1. The number of nitrogens with zero attached hydrogens (tertiary/aromatic N) is 2. The summed E-state index contributed by atoms with van der Waals surface area (Å²) in [6.07, 6.45) is 3.72. The third-order valence-electron chi connectivity index (χ3n) is 3.48. The fourth-order valence-electron chi connectivity index (χ4n) is 1.95. The maximum absolute atomic E-state index is 13.9. The summed E-state index contributed by atoms with van der Waals surface area (Å²) in [5.41, 5.74) is 0.313. The molecule has 0 aliphatic heterocycles. The van der Waals surface area contributed by atoms with Crippen LogP contribution in [-0.4, -0.2) is 34.4 Å². The topological polar surface area (TPSA) is 66.1 Å². The number of amides is 1. The summed E-state index contributed by atoms with van der Waals surface area (Å²) in [6, 6.07) is 1.32. The van der Waals surface area contributed by atoms with E-state index >= 15 is 0 Å². The number of rotatable bonds is 5. The van der Waals surface area contributed by atoms with Crippen LogP contribution in [0, 0.1) is 5.92 Å². The number of aromatic amines is 1. The number of hydrogen-bond acceptors (Lipinski definition) is 3. The maximum atomic E-state index is 13.9. The molecule has 0 saturated heterocycles. The Hall–Kier alpha value is -1.98. The van der Waals surface area contributed by atoms with Gasteiger partial charge in [-0.25, -0.2) is 9.37 Å². The third-order valence-corrected chi connectivity index (χ3v) is 3.48. The van der Waals surface area contributed by atoms with Gasteiger partial charge in [0.2, 0.25) is 0 Å². The maximum Gasteiger partial charge on any atom is 0.282 e. The van der Waals surface area contributed by atoms with E-state index < -0.39 is 11.7 Å². The summed E-state index contributed by atoms with van der Waals surface area (Å²) in [5.74, 6) is -0.530. The van der Waals surface area contributed by atoms with Gasteiger partial charge in [-0.1, -0.05) is 0 Å². The zero-order valence-corrected chi connectivity index (χ0v) is 11.6. The van der Waals surface area contributed by atoms with E-state index in [0.717, 1.165) is 12.8 Å². The minimum Gasteiger partial charge on any atom is -0.339 e. The zero-order chi connectivity index (χ0) is 14.7. The number of carbonyl (C=O) groups excluding carboxylic acids is 1. The first-order chi connectivity index (χ1) is 9.49. The Labute approximate surface area is 116 Å². The average molecular weight is 279 g/mol. The summed E-state index contributed by atoms with van der Waals surface area (Å²) in [4.78, 5) is 30.9. The van der Waals surface area contributed by atoms with Crippen molar-refractivity contribution >= 4 is 5.91 Å². The number of likely N-dealkylation sites (N-methyl/N-ethyl adjacent to an activating group) is 1. The molecule has 1 aliphatic rings. The van der Waals surface area contributed by atoms with Crippen LogP contribution in [0.1, 0.15) is 25.6 Å². The third kappa shape index (κ3) is 3.53. The molecular weight excluding hydrogens is 261 g/mol. The van der Waals surface area contributed by atoms with Gasteiger partial charge in [-0.15, -0.1) is 0 Å².